The first-order valence-electron chi connectivity index (χ1n) is 10.4. The van der Waals surface area contributed by atoms with Crippen molar-refractivity contribution in [3.63, 3.8) is 0 Å². The van der Waals surface area contributed by atoms with E-state index in [1.807, 2.05) is 12.1 Å². The topological polar surface area (TPSA) is 62.0 Å². The normalized spacial score (nSPS) is 18.3. The number of aliphatic imine (C=N–C) groups is 1. The monoisotopic (exact) mass is 502 g/mol. The lowest BCUT2D eigenvalue weighted by Gasteiger charge is -2.25. The molecule has 1 fully saturated rings. The van der Waals surface area contributed by atoms with Crippen LogP contribution in [-0.4, -0.2) is 63.3 Å². The van der Waals surface area contributed by atoms with E-state index < -0.39 is 0 Å². The van der Waals surface area contributed by atoms with Gasteiger partial charge in [0.2, 0.25) is 0 Å². The number of rotatable bonds is 9. The standard InChI is InChI=1S/C21H34N4O2.HI/c1-2-5-19(6-3-1)8-10-22-21(23-11-9-20-7-4-16-27-20)24-12-13-25-14-17-26-18-15-25;/h4-5,7,16H,1-3,6,8-15,17-18H2,(H2,22,23,24);1H. The summed E-state index contributed by atoms with van der Waals surface area (Å²) in [6.07, 6.45) is 11.3. The SMILES string of the molecule is C1=C(CCNC(=NCCN2CCOCC2)NCCc2ccco2)CCCC1.I. The van der Waals surface area contributed by atoms with Crippen LogP contribution in [0.25, 0.3) is 0 Å². The van der Waals surface area contributed by atoms with E-state index in [-0.39, 0.29) is 24.0 Å². The van der Waals surface area contributed by atoms with Gasteiger partial charge < -0.3 is 19.8 Å². The molecule has 3 rings (SSSR count). The van der Waals surface area contributed by atoms with Gasteiger partial charge in [-0.3, -0.25) is 9.89 Å². The summed E-state index contributed by atoms with van der Waals surface area (Å²) in [6, 6.07) is 3.95. The number of hydrogen-bond acceptors (Lipinski definition) is 4. The Morgan fingerprint density at radius 2 is 1.93 bits per heavy atom. The van der Waals surface area contributed by atoms with Crippen molar-refractivity contribution in [2.75, 3.05) is 52.5 Å². The van der Waals surface area contributed by atoms with Gasteiger partial charge in [-0.2, -0.15) is 0 Å². The average molecular weight is 502 g/mol. The van der Waals surface area contributed by atoms with Gasteiger partial charge >= 0.3 is 0 Å². The quantitative estimate of drug-likeness (QED) is 0.235. The summed E-state index contributed by atoms with van der Waals surface area (Å²) < 4.78 is 10.8. The highest BCUT2D eigenvalue weighted by Gasteiger charge is 2.09. The van der Waals surface area contributed by atoms with Crippen molar-refractivity contribution in [2.45, 2.75) is 38.5 Å². The van der Waals surface area contributed by atoms with E-state index in [1.54, 1.807) is 11.8 Å². The lowest BCUT2D eigenvalue weighted by atomic mass is 9.97. The van der Waals surface area contributed by atoms with E-state index in [2.05, 4.69) is 21.6 Å². The van der Waals surface area contributed by atoms with Crippen LogP contribution in [0.5, 0.6) is 0 Å². The number of guanidine groups is 1. The number of ether oxygens (including phenoxy) is 1. The molecule has 158 valence electrons. The molecule has 1 aromatic rings. The van der Waals surface area contributed by atoms with Gasteiger partial charge in [-0.1, -0.05) is 11.6 Å². The Morgan fingerprint density at radius 3 is 2.64 bits per heavy atom. The summed E-state index contributed by atoms with van der Waals surface area (Å²) in [7, 11) is 0. The third-order valence-corrected chi connectivity index (χ3v) is 5.16. The van der Waals surface area contributed by atoms with Crippen molar-refractivity contribution in [3.8, 4) is 0 Å². The molecular formula is C21H35IN4O2. The van der Waals surface area contributed by atoms with Crippen molar-refractivity contribution in [1.29, 1.82) is 0 Å². The molecule has 7 heteroatoms. The zero-order valence-electron chi connectivity index (χ0n) is 16.8. The summed E-state index contributed by atoms with van der Waals surface area (Å²) in [4.78, 5) is 7.20. The molecule has 0 aromatic carbocycles. The van der Waals surface area contributed by atoms with Crippen LogP contribution < -0.4 is 10.6 Å². The second kappa shape index (κ2) is 14.0. The lowest BCUT2D eigenvalue weighted by Crippen LogP contribution is -2.41. The fraction of sp³-hybridized carbons (Fsp3) is 0.667. The van der Waals surface area contributed by atoms with Gasteiger partial charge in [0.1, 0.15) is 5.76 Å². The second-order valence-corrected chi connectivity index (χ2v) is 7.23. The molecule has 1 saturated heterocycles. The van der Waals surface area contributed by atoms with E-state index >= 15 is 0 Å². The molecule has 1 aliphatic heterocycles. The number of nitrogens with zero attached hydrogens (tertiary/aromatic N) is 2. The van der Waals surface area contributed by atoms with E-state index in [4.69, 9.17) is 14.1 Å². The zero-order chi connectivity index (χ0) is 18.6. The second-order valence-electron chi connectivity index (χ2n) is 7.23. The maximum absolute atomic E-state index is 5.41. The Morgan fingerprint density at radius 1 is 1.11 bits per heavy atom. The summed E-state index contributed by atoms with van der Waals surface area (Å²) >= 11 is 0. The number of furan rings is 1. The smallest absolute Gasteiger partial charge is 0.191 e. The van der Waals surface area contributed by atoms with Crippen LogP contribution in [-0.2, 0) is 11.2 Å². The Kier molecular flexibility index (Phi) is 11.6. The van der Waals surface area contributed by atoms with Crippen LogP contribution >= 0.6 is 24.0 Å². The third-order valence-electron chi connectivity index (χ3n) is 5.16. The minimum absolute atomic E-state index is 0. The first-order chi connectivity index (χ1) is 13.4. The molecule has 0 saturated carbocycles. The van der Waals surface area contributed by atoms with Gasteiger partial charge in [0.05, 0.1) is 26.0 Å². The van der Waals surface area contributed by atoms with Crippen LogP contribution in [0.1, 0.15) is 37.9 Å². The van der Waals surface area contributed by atoms with Crippen molar-refractivity contribution in [2.24, 2.45) is 4.99 Å². The highest BCUT2D eigenvalue weighted by atomic mass is 127. The Labute approximate surface area is 186 Å². The molecule has 0 unspecified atom stereocenters. The van der Waals surface area contributed by atoms with Crippen molar-refractivity contribution < 1.29 is 9.15 Å². The molecule has 0 bridgehead atoms. The molecule has 2 N–H and O–H groups in total. The molecule has 28 heavy (non-hydrogen) atoms. The van der Waals surface area contributed by atoms with Gasteiger partial charge in [-0.25, -0.2) is 0 Å². The molecule has 2 aliphatic rings. The number of hydrogen-bond donors (Lipinski definition) is 2. The molecular weight excluding hydrogens is 467 g/mol. The Balaban J connectivity index is 0.00000280. The molecule has 0 radical (unpaired) electrons. The average Bonchev–Trinajstić information content (AvgIpc) is 3.23. The first kappa shape index (κ1) is 23.2. The Bertz CT molecular complexity index is 583. The maximum atomic E-state index is 5.41. The molecule has 1 aromatic heterocycles. The number of morpholine rings is 1. The van der Waals surface area contributed by atoms with Gasteiger partial charge in [0.25, 0.3) is 0 Å². The molecule has 0 atom stereocenters. The van der Waals surface area contributed by atoms with Gasteiger partial charge in [-0.15, -0.1) is 24.0 Å². The first-order valence-corrected chi connectivity index (χ1v) is 10.4. The molecule has 6 nitrogen and oxygen atoms in total. The van der Waals surface area contributed by atoms with E-state index in [0.29, 0.717) is 0 Å². The van der Waals surface area contributed by atoms with Gasteiger partial charge in [-0.05, 0) is 44.2 Å². The molecule has 2 heterocycles. The van der Waals surface area contributed by atoms with Crippen LogP contribution in [0.2, 0.25) is 0 Å². The highest BCUT2D eigenvalue weighted by molar-refractivity contribution is 14.0. The minimum Gasteiger partial charge on any atom is -0.469 e. The maximum Gasteiger partial charge on any atom is 0.191 e. The van der Waals surface area contributed by atoms with Gasteiger partial charge in [0, 0.05) is 39.1 Å². The largest absolute Gasteiger partial charge is 0.469 e. The number of halogens is 1. The Hall–Kier alpha value is -1.06. The van der Waals surface area contributed by atoms with Gasteiger partial charge in [0.15, 0.2) is 5.96 Å². The molecule has 1 aliphatic carbocycles. The summed E-state index contributed by atoms with van der Waals surface area (Å²) in [5.74, 6) is 1.91. The summed E-state index contributed by atoms with van der Waals surface area (Å²) in [6.45, 7) is 7.25. The predicted molar refractivity (Wildman–Crippen MR) is 125 cm³/mol. The predicted octanol–water partition coefficient (Wildman–Crippen LogP) is 3.20. The molecule has 0 spiro atoms. The van der Waals surface area contributed by atoms with Crippen molar-refractivity contribution in [3.05, 3.63) is 35.8 Å². The van der Waals surface area contributed by atoms with Crippen LogP contribution in [0.4, 0.5) is 0 Å². The van der Waals surface area contributed by atoms with Crippen LogP contribution in [0, 0.1) is 0 Å². The fourth-order valence-electron chi connectivity index (χ4n) is 3.53. The number of allylic oxidation sites excluding steroid dienone is 1. The highest BCUT2D eigenvalue weighted by Crippen LogP contribution is 2.19. The van der Waals surface area contributed by atoms with Crippen LogP contribution in [0.3, 0.4) is 0 Å². The van der Waals surface area contributed by atoms with Crippen molar-refractivity contribution >= 4 is 29.9 Å². The summed E-state index contributed by atoms with van der Waals surface area (Å²) in [5.41, 5.74) is 1.59. The lowest BCUT2D eigenvalue weighted by molar-refractivity contribution is 0.0394. The fourth-order valence-corrected chi connectivity index (χ4v) is 3.53. The van der Waals surface area contributed by atoms with E-state index in [0.717, 1.165) is 77.0 Å². The number of nitrogens with one attached hydrogen (secondary N) is 2. The summed E-state index contributed by atoms with van der Waals surface area (Å²) in [5, 5.41) is 6.96. The molecule has 0 amide bonds. The van der Waals surface area contributed by atoms with E-state index in [1.165, 1.54) is 25.7 Å². The van der Waals surface area contributed by atoms with Crippen molar-refractivity contribution in [1.82, 2.24) is 15.5 Å². The minimum atomic E-state index is 0. The van der Waals surface area contributed by atoms with E-state index in [9.17, 15) is 0 Å². The third kappa shape index (κ3) is 8.96. The van der Waals surface area contributed by atoms with Crippen LogP contribution in [0.15, 0.2) is 39.5 Å². The zero-order valence-corrected chi connectivity index (χ0v) is 19.2.